The van der Waals surface area contributed by atoms with Gasteiger partial charge in [0.15, 0.2) is 0 Å². The number of rotatable bonds is 2. The van der Waals surface area contributed by atoms with Crippen LogP contribution in [0.15, 0.2) is 24.3 Å². The van der Waals surface area contributed by atoms with E-state index in [9.17, 15) is 0 Å². The van der Waals surface area contributed by atoms with Gasteiger partial charge in [-0.25, -0.2) is 0 Å². The second kappa shape index (κ2) is 3.64. The van der Waals surface area contributed by atoms with Gasteiger partial charge in [-0.15, -0.1) is 0 Å². The quantitative estimate of drug-likeness (QED) is 0.782. The molecule has 0 aliphatic heterocycles. The lowest BCUT2D eigenvalue weighted by Gasteiger charge is -2.03. The summed E-state index contributed by atoms with van der Waals surface area (Å²) in [5.74, 6) is 0. The molecule has 0 aliphatic carbocycles. The molecule has 0 aliphatic rings. The molecule has 1 unspecified atom stereocenters. The first-order chi connectivity index (χ1) is 6.70. The van der Waals surface area contributed by atoms with Crippen molar-refractivity contribution in [3.8, 4) is 0 Å². The van der Waals surface area contributed by atoms with Crippen LogP contribution < -0.4 is 5.73 Å². The lowest BCUT2D eigenvalue weighted by molar-refractivity contribution is 0.682. The van der Waals surface area contributed by atoms with Crippen molar-refractivity contribution >= 4 is 22.5 Å². The van der Waals surface area contributed by atoms with Crippen LogP contribution in [-0.2, 0) is 0 Å². The Balaban J connectivity index is 2.51. The van der Waals surface area contributed by atoms with E-state index >= 15 is 0 Å². The number of H-pyrrole nitrogens is 1. The summed E-state index contributed by atoms with van der Waals surface area (Å²) in [6.45, 7) is 2.07. The van der Waals surface area contributed by atoms with Gasteiger partial charge < -0.3 is 10.7 Å². The summed E-state index contributed by atoms with van der Waals surface area (Å²) in [5.41, 5.74) is 8.10. The highest BCUT2D eigenvalue weighted by Crippen LogP contribution is 2.23. The van der Waals surface area contributed by atoms with E-state index in [0.29, 0.717) is 0 Å². The largest absolute Gasteiger partial charge is 0.357 e. The van der Waals surface area contributed by atoms with Crippen molar-refractivity contribution in [3.63, 3.8) is 0 Å². The Morgan fingerprint density at radius 1 is 1.43 bits per heavy atom. The van der Waals surface area contributed by atoms with Crippen LogP contribution in [0.4, 0.5) is 0 Å². The molecule has 0 saturated carbocycles. The van der Waals surface area contributed by atoms with E-state index in [2.05, 4.69) is 18.0 Å². The fourth-order valence-electron chi connectivity index (χ4n) is 1.55. The SMILES string of the molecule is CCC(N)c1cc2cc(Cl)ccc2[nH]1. The molecular weight excluding hydrogens is 196 g/mol. The van der Waals surface area contributed by atoms with Crippen LogP contribution in [0.5, 0.6) is 0 Å². The van der Waals surface area contributed by atoms with Crippen LogP contribution in [0, 0.1) is 0 Å². The minimum atomic E-state index is 0.0844. The highest BCUT2D eigenvalue weighted by molar-refractivity contribution is 6.31. The van der Waals surface area contributed by atoms with Crippen LogP contribution in [0.2, 0.25) is 5.02 Å². The molecule has 2 rings (SSSR count). The number of hydrogen-bond donors (Lipinski definition) is 2. The van der Waals surface area contributed by atoms with Crippen molar-refractivity contribution in [2.75, 3.05) is 0 Å². The van der Waals surface area contributed by atoms with E-state index < -0.39 is 0 Å². The zero-order chi connectivity index (χ0) is 10.1. The fraction of sp³-hybridized carbons (Fsp3) is 0.273. The number of fused-ring (bicyclic) bond motifs is 1. The summed E-state index contributed by atoms with van der Waals surface area (Å²) in [6, 6.07) is 7.95. The first-order valence-electron chi connectivity index (χ1n) is 4.74. The number of nitrogens with one attached hydrogen (secondary N) is 1. The molecule has 0 radical (unpaired) electrons. The fourth-order valence-corrected chi connectivity index (χ4v) is 1.73. The van der Waals surface area contributed by atoms with Crippen molar-refractivity contribution in [2.45, 2.75) is 19.4 Å². The molecule has 1 heterocycles. The molecule has 1 atom stereocenters. The molecule has 0 spiro atoms. The van der Waals surface area contributed by atoms with Gasteiger partial charge in [-0.2, -0.15) is 0 Å². The Kier molecular flexibility index (Phi) is 2.48. The van der Waals surface area contributed by atoms with Gasteiger partial charge in [-0.05, 0) is 30.7 Å². The Hall–Kier alpha value is -0.990. The van der Waals surface area contributed by atoms with Crippen molar-refractivity contribution in [1.82, 2.24) is 4.98 Å². The maximum atomic E-state index is 5.93. The van der Waals surface area contributed by atoms with Gasteiger partial charge >= 0.3 is 0 Å². The van der Waals surface area contributed by atoms with Crippen molar-refractivity contribution < 1.29 is 0 Å². The highest BCUT2D eigenvalue weighted by Gasteiger charge is 2.06. The van der Waals surface area contributed by atoms with Gasteiger partial charge in [0.1, 0.15) is 0 Å². The molecule has 3 N–H and O–H groups in total. The molecule has 0 fully saturated rings. The third kappa shape index (κ3) is 1.63. The summed E-state index contributed by atoms with van der Waals surface area (Å²) in [6.07, 6.45) is 0.931. The topological polar surface area (TPSA) is 41.8 Å². The van der Waals surface area contributed by atoms with Gasteiger partial charge in [0.25, 0.3) is 0 Å². The van der Waals surface area contributed by atoms with E-state index in [0.717, 1.165) is 28.0 Å². The van der Waals surface area contributed by atoms with E-state index in [1.807, 2.05) is 18.2 Å². The minimum Gasteiger partial charge on any atom is -0.357 e. The maximum absolute atomic E-state index is 5.93. The number of halogens is 1. The third-order valence-electron chi connectivity index (χ3n) is 2.44. The van der Waals surface area contributed by atoms with E-state index in [1.54, 1.807) is 0 Å². The van der Waals surface area contributed by atoms with Crippen molar-refractivity contribution in [3.05, 3.63) is 35.0 Å². The summed E-state index contributed by atoms with van der Waals surface area (Å²) >= 11 is 5.90. The highest BCUT2D eigenvalue weighted by atomic mass is 35.5. The number of nitrogens with two attached hydrogens (primary N) is 1. The predicted molar refractivity (Wildman–Crippen MR) is 60.5 cm³/mol. The Bertz CT molecular complexity index is 447. The van der Waals surface area contributed by atoms with E-state index in [-0.39, 0.29) is 6.04 Å². The average Bonchev–Trinajstić information content (AvgIpc) is 2.59. The molecule has 74 valence electrons. The molecule has 2 nitrogen and oxygen atoms in total. The molecule has 1 aromatic carbocycles. The molecule has 0 saturated heterocycles. The molecule has 3 heteroatoms. The van der Waals surface area contributed by atoms with Crippen LogP contribution in [0.1, 0.15) is 25.1 Å². The van der Waals surface area contributed by atoms with Gasteiger partial charge in [0.2, 0.25) is 0 Å². The van der Waals surface area contributed by atoms with Gasteiger partial charge in [-0.1, -0.05) is 18.5 Å². The van der Waals surface area contributed by atoms with Crippen molar-refractivity contribution in [2.24, 2.45) is 5.73 Å². The summed E-state index contributed by atoms with van der Waals surface area (Å²) in [7, 11) is 0. The molecular formula is C11H13ClN2. The standard InChI is InChI=1S/C11H13ClN2/c1-2-9(13)11-6-7-5-8(12)3-4-10(7)14-11/h3-6,9,14H,2,13H2,1H3. The first-order valence-corrected chi connectivity index (χ1v) is 5.12. The number of aromatic amines is 1. The zero-order valence-electron chi connectivity index (χ0n) is 8.05. The molecule has 0 bridgehead atoms. The Labute approximate surface area is 88.1 Å². The number of hydrogen-bond acceptors (Lipinski definition) is 1. The van der Waals surface area contributed by atoms with Gasteiger partial charge in [0.05, 0.1) is 0 Å². The second-order valence-electron chi connectivity index (χ2n) is 3.47. The van der Waals surface area contributed by atoms with E-state index in [4.69, 9.17) is 17.3 Å². The van der Waals surface area contributed by atoms with Crippen molar-refractivity contribution in [1.29, 1.82) is 0 Å². The average molecular weight is 209 g/mol. The van der Waals surface area contributed by atoms with Gasteiger partial charge in [0, 0.05) is 27.7 Å². The predicted octanol–water partition coefficient (Wildman–Crippen LogP) is 3.23. The van der Waals surface area contributed by atoms with Crippen LogP contribution >= 0.6 is 11.6 Å². The summed E-state index contributed by atoms with van der Waals surface area (Å²) < 4.78 is 0. The molecule has 2 aromatic rings. The maximum Gasteiger partial charge on any atom is 0.0457 e. The Morgan fingerprint density at radius 2 is 2.21 bits per heavy atom. The minimum absolute atomic E-state index is 0.0844. The first kappa shape index (κ1) is 9.56. The second-order valence-corrected chi connectivity index (χ2v) is 3.91. The molecule has 0 amide bonds. The lowest BCUT2D eigenvalue weighted by Crippen LogP contribution is -2.08. The van der Waals surface area contributed by atoms with E-state index in [1.165, 1.54) is 0 Å². The smallest absolute Gasteiger partial charge is 0.0457 e. The Morgan fingerprint density at radius 3 is 2.93 bits per heavy atom. The summed E-state index contributed by atoms with van der Waals surface area (Å²) in [4.78, 5) is 3.29. The summed E-state index contributed by atoms with van der Waals surface area (Å²) in [5, 5.41) is 1.88. The number of benzene rings is 1. The molecule has 14 heavy (non-hydrogen) atoms. The van der Waals surface area contributed by atoms with Crippen LogP contribution in [-0.4, -0.2) is 4.98 Å². The monoisotopic (exact) mass is 208 g/mol. The number of aromatic nitrogens is 1. The normalized spacial score (nSPS) is 13.4. The van der Waals surface area contributed by atoms with Crippen LogP contribution in [0.3, 0.4) is 0 Å². The third-order valence-corrected chi connectivity index (χ3v) is 2.68. The lowest BCUT2D eigenvalue weighted by atomic mass is 10.1. The van der Waals surface area contributed by atoms with Gasteiger partial charge in [-0.3, -0.25) is 0 Å². The zero-order valence-corrected chi connectivity index (χ0v) is 8.81. The molecule has 1 aromatic heterocycles. The van der Waals surface area contributed by atoms with Crippen LogP contribution in [0.25, 0.3) is 10.9 Å².